The Balaban J connectivity index is 2.73. The van der Waals surface area contributed by atoms with E-state index in [1.165, 1.54) is 7.11 Å². The fourth-order valence-electron chi connectivity index (χ4n) is 1.13. The summed E-state index contributed by atoms with van der Waals surface area (Å²) in [7, 11) is 3.20. The van der Waals surface area contributed by atoms with Crippen LogP contribution in [0.5, 0.6) is 5.75 Å². The van der Waals surface area contributed by atoms with E-state index >= 15 is 0 Å². The maximum atomic E-state index is 11.3. The molecule has 0 aliphatic carbocycles. The first-order valence-electron chi connectivity index (χ1n) is 4.74. The van der Waals surface area contributed by atoms with Crippen molar-refractivity contribution in [2.24, 2.45) is 0 Å². The van der Waals surface area contributed by atoms with Gasteiger partial charge in [0.15, 0.2) is 0 Å². The molecule has 1 N–H and O–H groups in total. The van der Waals surface area contributed by atoms with E-state index in [-0.39, 0.29) is 5.97 Å². The number of nitrogens with one attached hydrogen (secondary N) is 1. The van der Waals surface area contributed by atoms with Crippen molar-refractivity contribution in [3.05, 3.63) is 29.8 Å². The zero-order valence-electron chi connectivity index (χ0n) is 8.95. The largest absolute Gasteiger partial charge is 0.491 e. The minimum absolute atomic E-state index is 0.380. The van der Waals surface area contributed by atoms with Crippen LogP contribution in [0, 0.1) is 0 Å². The van der Waals surface area contributed by atoms with Crippen LogP contribution in [-0.4, -0.2) is 33.3 Å². The van der Waals surface area contributed by atoms with E-state index in [0.29, 0.717) is 17.9 Å². The normalized spacial score (nSPS) is 9.73. The Bertz CT molecular complexity index is 325. The summed E-state index contributed by atoms with van der Waals surface area (Å²) in [6.45, 7) is 1.25. The Kier molecular flexibility index (Phi) is 4.63. The monoisotopic (exact) mass is 209 g/mol. The number of hydrogen-bond donors (Lipinski definition) is 1. The number of likely N-dealkylation sites (N-methyl/N-ethyl adjacent to an activating group) is 1. The minimum Gasteiger partial charge on any atom is -0.491 e. The third-order valence-electron chi connectivity index (χ3n) is 1.90. The molecule has 1 aromatic carbocycles. The van der Waals surface area contributed by atoms with Gasteiger partial charge in [0.25, 0.3) is 0 Å². The predicted octanol–water partition coefficient (Wildman–Crippen LogP) is 1.07. The van der Waals surface area contributed by atoms with E-state index in [0.717, 1.165) is 6.54 Å². The molecule has 0 aliphatic rings. The van der Waals surface area contributed by atoms with Gasteiger partial charge in [-0.1, -0.05) is 12.1 Å². The third kappa shape index (κ3) is 3.25. The van der Waals surface area contributed by atoms with Crippen molar-refractivity contribution in [3.63, 3.8) is 0 Å². The predicted molar refractivity (Wildman–Crippen MR) is 57.2 cm³/mol. The molecular formula is C11H15NO3. The van der Waals surface area contributed by atoms with Gasteiger partial charge in [-0.3, -0.25) is 0 Å². The molecule has 0 aliphatic heterocycles. The second-order valence-corrected chi connectivity index (χ2v) is 2.94. The van der Waals surface area contributed by atoms with Crippen LogP contribution >= 0.6 is 0 Å². The molecule has 0 spiro atoms. The van der Waals surface area contributed by atoms with Gasteiger partial charge in [-0.05, 0) is 19.2 Å². The van der Waals surface area contributed by atoms with Gasteiger partial charge in [-0.15, -0.1) is 0 Å². The summed E-state index contributed by atoms with van der Waals surface area (Å²) in [5, 5.41) is 2.96. The van der Waals surface area contributed by atoms with Gasteiger partial charge in [0.05, 0.1) is 7.11 Å². The highest BCUT2D eigenvalue weighted by Gasteiger charge is 2.11. The molecule has 82 valence electrons. The maximum absolute atomic E-state index is 11.3. The fourth-order valence-corrected chi connectivity index (χ4v) is 1.13. The van der Waals surface area contributed by atoms with E-state index < -0.39 is 0 Å². The Morgan fingerprint density at radius 2 is 2.13 bits per heavy atom. The number of ether oxygens (including phenoxy) is 2. The molecule has 0 heterocycles. The van der Waals surface area contributed by atoms with E-state index in [4.69, 9.17) is 4.74 Å². The average molecular weight is 209 g/mol. The third-order valence-corrected chi connectivity index (χ3v) is 1.90. The lowest BCUT2D eigenvalue weighted by atomic mass is 10.2. The molecule has 4 nitrogen and oxygen atoms in total. The Labute approximate surface area is 89.2 Å². The number of methoxy groups -OCH3 is 1. The molecular weight excluding hydrogens is 194 g/mol. The Morgan fingerprint density at radius 1 is 1.40 bits per heavy atom. The first-order valence-corrected chi connectivity index (χ1v) is 4.74. The highest BCUT2D eigenvalue weighted by molar-refractivity contribution is 5.92. The van der Waals surface area contributed by atoms with E-state index in [1.54, 1.807) is 18.2 Å². The van der Waals surface area contributed by atoms with Gasteiger partial charge in [0, 0.05) is 6.54 Å². The molecule has 0 amide bonds. The van der Waals surface area contributed by atoms with Crippen molar-refractivity contribution < 1.29 is 14.3 Å². The van der Waals surface area contributed by atoms with Gasteiger partial charge in [0.2, 0.25) is 0 Å². The summed E-state index contributed by atoms with van der Waals surface area (Å²) in [5.41, 5.74) is 0.455. The number of para-hydroxylation sites is 1. The van der Waals surface area contributed by atoms with Crippen LogP contribution in [-0.2, 0) is 4.74 Å². The quantitative estimate of drug-likeness (QED) is 0.582. The zero-order valence-corrected chi connectivity index (χ0v) is 8.95. The van der Waals surface area contributed by atoms with Crippen LogP contribution in [0.2, 0.25) is 0 Å². The maximum Gasteiger partial charge on any atom is 0.341 e. The van der Waals surface area contributed by atoms with Crippen molar-refractivity contribution >= 4 is 5.97 Å². The van der Waals surface area contributed by atoms with Gasteiger partial charge >= 0.3 is 5.97 Å². The number of esters is 1. The Hall–Kier alpha value is -1.55. The topological polar surface area (TPSA) is 47.6 Å². The summed E-state index contributed by atoms with van der Waals surface area (Å²) >= 11 is 0. The van der Waals surface area contributed by atoms with E-state index in [9.17, 15) is 4.79 Å². The van der Waals surface area contributed by atoms with Gasteiger partial charge in [-0.2, -0.15) is 0 Å². The van der Waals surface area contributed by atoms with Crippen LogP contribution < -0.4 is 10.1 Å². The van der Waals surface area contributed by atoms with Crippen molar-refractivity contribution in [2.45, 2.75) is 0 Å². The lowest BCUT2D eigenvalue weighted by Gasteiger charge is -2.09. The van der Waals surface area contributed by atoms with E-state index in [2.05, 4.69) is 10.1 Å². The number of benzene rings is 1. The lowest BCUT2D eigenvalue weighted by Crippen LogP contribution is -2.17. The molecule has 0 unspecified atom stereocenters. The van der Waals surface area contributed by atoms with Crippen LogP contribution in [0.15, 0.2) is 24.3 Å². The molecule has 15 heavy (non-hydrogen) atoms. The molecule has 0 aromatic heterocycles. The van der Waals surface area contributed by atoms with Gasteiger partial charge in [0.1, 0.15) is 17.9 Å². The number of hydrogen-bond acceptors (Lipinski definition) is 4. The van der Waals surface area contributed by atoms with E-state index in [1.807, 2.05) is 13.1 Å². The van der Waals surface area contributed by atoms with Gasteiger partial charge < -0.3 is 14.8 Å². The summed E-state index contributed by atoms with van der Waals surface area (Å²) in [6, 6.07) is 7.03. The molecule has 4 heteroatoms. The Morgan fingerprint density at radius 3 is 2.80 bits per heavy atom. The first-order chi connectivity index (χ1) is 7.29. The number of rotatable bonds is 5. The zero-order chi connectivity index (χ0) is 11.1. The lowest BCUT2D eigenvalue weighted by molar-refractivity contribution is 0.0596. The molecule has 1 rings (SSSR count). The first kappa shape index (κ1) is 11.5. The highest BCUT2D eigenvalue weighted by Crippen LogP contribution is 2.18. The average Bonchev–Trinajstić information content (AvgIpc) is 2.29. The molecule has 1 aromatic rings. The van der Waals surface area contributed by atoms with Gasteiger partial charge in [-0.25, -0.2) is 4.79 Å². The molecule has 0 saturated heterocycles. The minimum atomic E-state index is -0.380. The van der Waals surface area contributed by atoms with Crippen LogP contribution in [0.3, 0.4) is 0 Å². The van der Waals surface area contributed by atoms with Crippen LogP contribution in [0.4, 0.5) is 0 Å². The number of carbonyl (C=O) groups is 1. The second-order valence-electron chi connectivity index (χ2n) is 2.94. The standard InChI is InChI=1S/C11H15NO3/c1-12-7-8-15-10-6-4-3-5-9(10)11(13)14-2/h3-6,12H,7-8H2,1-2H3. The van der Waals surface area contributed by atoms with Crippen molar-refractivity contribution in [2.75, 3.05) is 27.3 Å². The number of carbonyl (C=O) groups excluding carboxylic acids is 1. The fraction of sp³-hybridized carbons (Fsp3) is 0.364. The second kappa shape index (κ2) is 6.03. The van der Waals surface area contributed by atoms with Crippen LogP contribution in [0.25, 0.3) is 0 Å². The summed E-state index contributed by atoms with van der Waals surface area (Å²) in [4.78, 5) is 11.3. The molecule has 0 saturated carbocycles. The summed E-state index contributed by atoms with van der Waals surface area (Å²) in [5.74, 6) is 0.176. The molecule has 0 fully saturated rings. The summed E-state index contributed by atoms with van der Waals surface area (Å²) in [6.07, 6.45) is 0. The van der Waals surface area contributed by atoms with Crippen molar-refractivity contribution in [1.82, 2.24) is 5.32 Å². The SMILES string of the molecule is CNCCOc1ccccc1C(=O)OC. The molecule has 0 bridgehead atoms. The van der Waals surface area contributed by atoms with Crippen molar-refractivity contribution in [3.8, 4) is 5.75 Å². The smallest absolute Gasteiger partial charge is 0.341 e. The molecule has 0 radical (unpaired) electrons. The molecule has 0 atom stereocenters. The highest BCUT2D eigenvalue weighted by atomic mass is 16.5. The van der Waals surface area contributed by atoms with Crippen molar-refractivity contribution in [1.29, 1.82) is 0 Å². The summed E-state index contributed by atoms with van der Waals surface area (Å²) < 4.78 is 10.1. The van der Waals surface area contributed by atoms with Crippen LogP contribution in [0.1, 0.15) is 10.4 Å².